The fourth-order valence-electron chi connectivity index (χ4n) is 0.679. The summed E-state index contributed by atoms with van der Waals surface area (Å²) < 4.78 is 0. The number of hydrogen-bond acceptors (Lipinski definition) is 2. The van der Waals surface area contributed by atoms with Crippen molar-refractivity contribution in [2.75, 3.05) is 0 Å². The number of hydrogen-bond donors (Lipinski definition) is 0. The lowest BCUT2D eigenvalue weighted by molar-refractivity contribution is -0.120. The Morgan fingerprint density at radius 3 is 1.75 bits per heavy atom. The first-order chi connectivity index (χ1) is 3.72. The molecule has 0 aromatic carbocycles. The second-order valence-electron chi connectivity index (χ2n) is 1.80. The van der Waals surface area contributed by atoms with Crippen LogP contribution in [-0.2, 0) is 9.59 Å². The molecule has 0 saturated heterocycles. The first kappa shape index (κ1) is 5.95. The van der Waals surface area contributed by atoms with Crippen molar-refractivity contribution < 1.29 is 9.59 Å². The second-order valence-corrected chi connectivity index (χ2v) is 2.71. The Morgan fingerprint density at radius 1 is 1.25 bits per heavy atom. The lowest BCUT2D eigenvalue weighted by Gasteiger charge is -1.88. The molecule has 0 bridgehead atoms. The van der Waals surface area contributed by atoms with Crippen molar-refractivity contribution in [3.8, 4) is 0 Å². The van der Waals surface area contributed by atoms with Crippen LogP contribution in [0.25, 0.3) is 0 Å². The third kappa shape index (κ3) is 0.823. The van der Waals surface area contributed by atoms with E-state index in [1.54, 1.807) is 0 Å². The van der Waals surface area contributed by atoms with E-state index < -0.39 is 4.83 Å². The van der Waals surface area contributed by atoms with Gasteiger partial charge in [-0.1, -0.05) is 15.9 Å². The fourth-order valence-corrected chi connectivity index (χ4v) is 1.14. The molecular weight excluding hydrogens is 172 g/mol. The highest BCUT2D eigenvalue weighted by molar-refractivity contribution is 9.10. The van der Waals surface area contributed by atoms with Crippen LogP contribution in [0.1, 0.15) is 12.8 Å². The molecule has 1 aliphatic carbocycles. The van der Waals surface area contributed by atoms with Crippen molar-refractivity contribution in [3.05, 3.63) is 0 Å². The van der Waals surface area contributed by atoms with Crippen molar-refractivity contribution >= 4 is 27.5 Å². The first-order valence-corrected chi connectivity index (χ1v) is 3.33. The van der Waals surface area contributed by atoms with E-state index in [2.05, 4.69) is 15.9 Å². The van der Waals surface area contributed by atoms with E-state index in [1.807, 2.05) is 0 Å². The van der Waals surface area contributed by atoms with E-state index in [9.17, 15) is 9.59 Å². The predicted molar refractivity (Wildman–Crippen MR) is 32.0 cm³/mol. The SMILES string of the molecule is O=C1CCC(=O)C1Br. The van der Waals surface area contributed by atoms with Crippen LogP contribution in [0.15, 0.2) is 0 Å². The maximum Gasteiger partial charge on any atom is 0.154 e. The number of alkyl halides is 1. The van der Waals surface area contributed by atoms with Crippen molar-refractivity contribution in [1.82, 2.24) is 0 Å². The molecule has 0 aliphatic heterocycles. The van der Waals surface area contributed by atoms with Gasteiger partial charge in [0.15, 0.2) is 11.6 Å². The standard InChI is InChI=1S/C5H5BrO2/c6-5-3(7)1-2-4(5)8/h5H,1-2H2. The van der Waals surface area contributed by atoms with Gasteiger partial charge in [-0.2, -0.15) is 0 Å². The van der Waals surface area contributed by atoms with Gasteiger partial charge in [0.25, 0.3) is 0 Å². The first-order valence-electron chi connectivity index (χ1n) is 2.41. The molecule has 1 aliphatic rings. The molecule has 0 aromatic heterocycles. The summed E-state index contributed by atoms with van der Waals surface area (Å²) in [6, 6.07) is 0. The topological polar surface area (TPSA) is 34.1 Å². The van der Waals surface area contributed by atoms with Crippen LogP contribution in [-0.4, -0.2) is 16.4 Å². The van der Waals surface area contributed by atoms with Crippen molar-refractivity contribution in [2.24, 2.45) is 0 Å². The number of ketones is 2. The van der Waals surface area contributed by atoms with Gasteiger partial charge in [-0.05, 0) is 0 Å². The summed E-state index contributed by atoms with van der Waals surface area (Å²) in [7, 11) is 0. The van der Waals surface area contributed by atoms with Crippen LogP contribution in [0.2, 0.25) is 0 Å². The van der Waals surface area contributed by atoms with E-state index in [-0.39, 0.29) is 11.6 Å². The molecule has 0 amide bonds. The van der Waals surface area contributed by atoms with Crippen molar-refractivity contribution in [3.63, 3.8) is 0 Å². The molecule has 0 unspecified atom stereocenters. The van der Waals surface area contributed by atoms with Crippen LogP contribution in [0, 0.1) is 0 Å². The van der Waals surface area contributed by atoms with Gasteiger partial charge in [0.2, 0.25) is 0 Å². The predicted octanol–water partition coefficient (Wildman–Crippen LogP) is 0.682. The van der Waals surface area contributed by atoms with Gasteiger partial charge in [-0.15, -0.1) is 0 Å². The van der Waals surface area contributed by atoms with Crippen molar-refractivity contribution in [1.29, 1.82) is 0 Å². The second kappa shape index (κ2) is 1.97. The highest BCUT2D eigenvalue weighted by Crippen LogP contribution is 2.17. The van der Waals surface area contributed by atoms with Crippen LogP contribution in [0.4, 0.5) is 0 Å². The zero-order chi connectivity index (χ0) is 6.15. The van der Waals surface area contributed by atoms with Gasteiger partial charge < -0.3 is 0 Å². The van der Waals surface area contributed by atoms with Gasteiger partial charge >= 0.3 is 0 Å². The van der Waals surface area contributed by atoms with Gasteiger partial charge in [0.1, 0.15) is 4.83 Å². The normalized spacial score (nSPS) is 22.6. The Bertz CT molecular complexity index is 125. The minimum atomic E-state index is -0.484. The third-order valence-corrected chi connectivity index (χ3v) is 2.20. The number of rotatable bonds is 0. The largest absolute Gasteiger partial charge is 0.298 e. The molecule has 3 heteroatoms. The molecule has 0 radical (unpaired) electrons. The summed E-state index contributed by atoms with van der Waals surface area (Å²) in [6.07, 6.45) is 0.851. The number of carbonyl (C=O) groups excluding carboxylic acids is 2. The molecule has 1 rings (SSSR count). The monoisotopic (exact) mass is 176 g/mol. The number of halogens is 1. The minimum absolute atomic E-state index is 0.0231. The van der Waals surface area contributed by atoms with Crippen molar-refractivity contribution in [2.45, 2.75) is 17.7 Å². The summed E-state index contributed by atoms with van der Waals surface area (Å²) in [6.45, 7) is 0. The van der Waals surface area contributed by atoms with E-state index in [0.29, 0.717) is 12.8 Å². The van der Waals surface area contributed by atoms with E-state index in [1.165, 1.54) is 0 Å². The zero-order valence-electron chi connectivity index (χ0n) is 4.19. The average Bonchev–Trinajstić information content (AvgIpc) is 1.98. The molecule has 8 heavy (non-hydrogen) atoms. The molecule has 1 saturated carbocycles. The van der Waals surface area contributed by atoms with Crippen LogP contribution < -0.4 is 0 Å². The Hall–Kier alpha value is -0.180. The van der Waals surface area contributed by atoms with Gasteiger partial charge in [0, 0.05) is 12.8 Å². The Kier molecular flexibility index (Phi) is 1.47. The maximum absolute atomic E-state index is 10.5. The van der Waals surface area contributed by atoms with Gasteiger partial charge in [0.05, 0.1) is 0 Å². The van der Waals surface area contributed by atoms with Crippen LogP contribution in [0.5, 0.6) is 0 Å². The average molecular weight is 177 g/mol. The van der Waals surface area contributed by atoms with Gasteiger partial charge in [-0.25, -0.2) is 0 Å². The van der Waals surface area contributed by atoms with E-state index in [4.69, 9.17) is 0 Å². The molecule has 0 aromatic rings. The smallest absolute Gasteiger partial charge is 0.154 e. The molecule has 0 heterocycles. The summed E-state index contributed by atoms with van der Waals surface area (Å²) in [5, 5.41) is 0. The third-order valence-electron chi connectivity index (χ3n) is 1.18. The summed E-state index contributed by atoms with van der Waals surface area (Å²) in [5.74, 6) is 0.0463. The summed E-state index contributed by atoms with van der Waals surface area (Å²) in [5.41, 5.74) is 0. The van der Waals surface area contributed by atoms with Crippen LogP contribution >= 0.6 is 15.9 Å². The Morgan fingerprint density at radius 2 is 1.62 bits per heavy atom. The highest BCUT2D eigenvalue weighted by atomic mass is 79.9. The summed E-state index contributed by atoms with van der Waals surface area (Å²) in [4.78, 5) is 20.5. The quantitative estimate of drug-likeness (QED) is 0.402. The molecular formula is C5H5BrO2. The zero-order valence-corrected chi connectivity index (χ0v) is 5.77. The Labute approximate surface area is 55.4 Å². The minimum Gasteiger partial charge on any atom is -0.298 e. The van der Waals surface area contributed by atoms with Crippen LogP contribution in [0.3, 0.4) is 0 Å². The lowest BCUT2D eigenvalue weighted by atomic mass is 10.3. The van der Waals surface area contributed by atoms with E-state index >= 15 is 0 Å². The molecule has 1 fully saturated rings. The highest BCUT2D eigenvalue weighted by Gasteiger charge is 2.29. The molecule has 2 nitrogen and oxygen atoms in total. The molecule has 44 valence electrons. The summed E-state index contributed by atoms with van der Waals surface area (Å²) >= 11 is 2.97. The molecule has 0 atom stereocenters. The maximum atomic E-state index is 10.5. The van der Waals surface area contributed by atoms with E-state index in [0.717, 1.165) is 0 Å². The fraction of sp³-hybridized carbons (Fsp3) is 0.600. The lowest BCUT2D eigenvalue weighted by Crippen LogP contribution is -2.11. The Balaban J connectivity index is 2.70. The number of carbonyl (C=O) groups is 2. The number of Topliss-reactive ketones (excluding diaryl/α,β-unsaturated/α-hetero) is 2. The molecule has 0 N–H and O–H groups in total. The van der Waals surface area contributed by atoms with Gasteiger partial charge in [-0.3, -0.25) is 9.59 Å². The molecule has 0 spiro atoms.